The van der Waals surface area contributed by atoms with Crippen molar-refractivity contribution in [2.75, 3.05) is 0 Å². The van der Waals surface area contributed by atoms with Crippen molar-refractivity contribution in [1.82, 2.24) is 4.90 Å². The molecule has 0 aromatic heterocycles. The Morgan fingerprint density at radius 2 is 1.77 bits per heavy atom. The second-order valence-corrected chi connectivity index (χ2v) is 7.70. The molecular weight excluding hydrogens is 420 g/mol. The van der Waals surface area contributed by atoms with Crippen molar-refractivity contribution in [2.24, 2.45) is 0 Å². The predicted octanol–water partition coefficient (Wildman–Crippen LogP) is 4.81. The number of nitro groups is 1. The maximum absolute atomic E-state index is 13.4. The van der Waals surface area contributed by atoms with E-state index in [-0.39, 0.29) is 18.1 Å². The van der Waals surface area contributed by atoms with Gasteiger partial charge >= 0.3 is 5.97 Å². The number of nitro benzene ring substituents is 1. The van der Waals surface area contributed by atoms with Gasteiger partial charge in [-0.25, -0.2) is 0 Å². The molecule has 8 heteroatoms. The fourth-order valence-corrected chi connectivity index (χ4v) is 4.14. The van der Waals surface area contributed by atoms with Crippen LogP contribution in [-0.4, -0.2) is 26.8 Å². The summed E-state index contributed by atoms with van der Waals surface area (Å²) < 4.78 is 0. The van der Waals surface area contributed by atoms with Gasteiger partial charge in [-0.3, -0.25) is 19.7 Å². The number of hydrogen-bond acceptors (Lipinski definition) is 4. The Bertz CT molecular complexity index is 1180. The highest BCUT2D eigenvalue weighted by molar-refractivity contribution is 6.30. The number of carbonyl (C=O) groups is 2. The second kappa shape index (κ2) is 8.20. The van der Waals surface area contributed by atoms with E-state index in [1.54, 1.807) is 54.6 Å². The Kier molecular flexibility index (Phi) is 5.44. The number of carboxylic acids is 1. The Balaban J connectivity index is 1.89. The second-order valence-electron chi connectivity index (χ2n) is 7.26. The van der Waals surface area contributed by atoms with Crippen LogP contribution >= 0.6 is 11.6 Å². The molecule has 4 rings (SSSR count). The first-order valence-corrected chi connectivity index (χ1v) is 9.86. The largest absolute Gasteiger partial charge is 0.481 e. The molecule has 1 amide bonds. The van der Waals surface area contributed by atoms with E-state index in [1.165, 1.54) is 23.1 Å². The summed E-state index contributed by atoms with van der Waals surface area (Å²) in [6.45, 7) is 0.126. The van der Waals surface area contributed by atoms with Gasteiger partial charge in [0.2, 0.25) is 0 Å². The zero-order valence-electron chi connectivity index (χ0n) is 16.1. The number of carbonyl (C=O) groups excluding carboxylic acids is 1. The lowest BCUT2D eigenvalue weighted by molar-refractivity contribution is -0.385. The van der Waals surface area contributed by atoms with Gasteiger partial charge in [-0.05, 0) is 34.9 Å². The van der Waals surface area contributed by atoms with E-state index in [0.717, 1.165) is 5.56 Å². The molecule has 3 aromatic carbocycles. The summed E-state index contributed by atoms with van der Waals surface area (Å²) in [4.78, 5) is 38.0. The van der Waals surface area contributed by atoms with E-state index in [4.69, 9.17) is 11.6 Å². The van der Waals surface area contributed by atoms with Crippen LogP contribution in [-0.2, 0) is 11.3 Å². The number of non-ortho nitro benzene ring substituents is 1. The fraction of sp³-hybridized carbons (Fsp3) is 0.130. The number of nitrogens with zero attached hydrogens (tertiary/aromatic N) is 2. The van der Waals surface area contributed by atoms with Gasteiger partial charge in [-0.2, -0.15) is 0 Å². The van der Waals surface area contributed by atoms with Gasteiger partial charge in [-0.15, -0.1) is 0 Å². The molecule has 156 valence electrons. The Labute approximate surface area is 182 Å². The molecule has 0 aliphatic carbocycles. The molecule has 0 saturated heterocycles. The lowest BCUT2D eigenvalue weighted by Gasteiger charge is -2.40. The van der Waals surface area contributed by atoms with Crippen LogP contribution in [0.15, 0.2) is 72.8 Å². The highest BCUT2D eigenvalue weighted by Crippen LogP contribution is 2.44. The minimum Gasteiger partial charge on any atom is -0.481 e. The summed E-state index contributed by atoms with van der Waals surface area (Å²) in [5, 5.41) is 22.0. The fourth-order valence-electron chi connectivity index (χ4n) is 4.01. The highest BCUT2D eigenvalue weighted by atomic mass is 35.5. The van der Waals surface area contributed by atoms with E-state index in [1.807, 2.05) is 0 Å². The summed E-state index contributed by atoms with van der Waals surface area (Å²) in [7, 11) is 0. The van der Waals surface area contributed by atoms with Crippen molar-refractivity contribution in [3.8, 4) is 0 Å². The number of halogens is 1. The van der Waals surface area contributed by atoms with Crippen molar-refractivity contribution < 1.29 is 19.6 Å². The predicted molar refractivity (Wildman–Crippen MR) is 114 cm³/mol. The van der Waals surface area contributed by atoms with Crippen LogP contribution in [0, 0.1) is 10.1 Å². The zero-order valence-corrected chi connectivity index (χ0v) is 16.9. The van der Waals surface area contributed by atoms with Crippen molar-refractivity contribution in [1.29, 1.82) is 0 Å². The molecule has 1 aliphatic rings. The van der Waals surface area contributed by atoms with Crippen molar-refractivity contribution in [3.05, 3.63) is 110 Å². The molecule has 0 fully saturated rings. The molecule has 3 aromatic rings. The van der Waals surface area contributed by atoms with Gasteiger partial charge in [0.1, 0.15) is 5.92 Å². The van der Waals surface area contributed by atoms with Crippen LogP contribution in [0.5, 0.6) is 0 Å². The van der Waals surface area contributed by atoms with Gasteiger partial charge in [0.25, 0.3) is 11.6 Å². The third-order valence-electron chi connectivity index (χ3n) is 5.39. The average molecular weight is 437 g/mol. The topological polar surface area (TPSA) is 101 Å². The minimum absolute atomic E-state index is 0.126. The van der Waals surface area contributed by atoms with E-state index in [9.17, 15) is 24.8 Å². The first-order valence-electron chi connectivity index (χ1n) is 9.48. The van der Waals surface area contributed by atoms with E-state index in [2.05, 4.69) is 0 Å². The molecule has 1 heterocycles. The monoisotopic (exact) mass is 436 g/mol. The number of amides is 1. The number of carboxylic acid groups (broad SMARTS) is 1. The van der Waals surface area contributed by atoms with Gasteiger partial charge < -0.3 is 10.0 Å². The maximum Gasteiger partial charge on any atom is 0.313 e. The van der Waals surface area contributed by atoms with Crippen molar-refractivity contribution in [3.63, 3.8) is 0 Å². The van der Waals surface area contributed by atoms with E-state index < -0.39 is 22.9 Å². The van der Waals surface area contributed by atoms with E-state index in [0.29, 0.717) is 21.7 Å². The summed E-state index contributed by atoms with van der Waals surface area (Å²) in [5.74, 6) is -2.53. The van der Waals surface area contributed by atoms with Gasteiger partial charge in [-0.1, -0.05) is 54.1 Å². The number of hydrogen-bond donors (Lipinski definition) is 1. The Hall–Kier alpha value is -3.71. The third-order valence-corrected chi connectivity index (χ3v) is 5.65. The molecule has 2 atom stereocenters. The average Bonchev–Trinajstić information content (AvgIpc) is 2.76. The van der Waals surface area contributed by atoms with Gasteiger partial charge in [0, 0.05) is 29.3 Å². The summed E-state index contributed by atoms with van der Waals surface area (Å²) in [6.07, 6.45) is 0. The molecule has 2 unspecified atom stereocenters. The lowest BCUT2D eigenvalue weighted by Crippen LogP contribution is -2.44. The Morgan fingerprint density at radius 1 is 1.06 bits per heavy atom. The molecule has 1 N–H and O–H groups in total. The standard InChI is InChI=1S/C23H17ClN2O5/c24-16-10-8-14(9-11-16)13-25-21(15-4-3-5-17(12-15)26(30)31)20(23(28)29)18-6-1-2-7-19(18)22(25)27/h1-12,20-21H,13H2,(H,28,29). The minimum atomic E-state index is -1.11. The van der Waals surface area contributed by atoms with Gasteiger partial charge in [0.15, 0.2) is 0 Å². The number of benzene rings is 3. The smallest absolute Gasteiger partial charge is 0.313 e. The third kappa shape index (κ3) is 3.87. The molecule has 7 nitrogen and oxygen atoms in total. The van der Waals surface area contributed by atoms with E-state index >= 15 is 0 Å². The number of fused-ring (bicyclic) bond motifs is 1. The highest BCUT2D eigenvalue weighted by Gasteiger charge is 2.44. The lowest BCUT2D eigenvalue weighted by atomic mass is 9.79. The van der Waals surface area contributed by atoms with Crippen LogP contribution in [0.3, 0.4) is 0 Å². The summed E-state index contributed by atoms with van der Waals surface area (Å²) in [6, 6.07) is 18.3. The molecule has 31 heavy (non-hydrogen) atoms. The first kappa shape index (κ1) is 20.6. The molecule has 0 spiro atoms. The maximum atomic E-state index is 13.4. The molecule has 1 aliphatic heterocycles. The number of rotatable bonds is 5. The summed E-state index contributed by atoms with van der Waals surface area (Å²) >= 11 is 5.96. The van der Waals surface area contributed by atoms with Gasteiger partial charge in [0.05, 0.1) is 11.0 Å². The normalized spacial score (nSPS) is 17.8. The van der Waals surface area contributed by atoms with Crippen molar-refractivity contribution >= 4 is 29.2 Å². The SMILES string of the molecule is O=C(O)C1c2ccccc2C(=O)N(Cc2ccc(Cl)cc2)C1c1cccc([N+](=O)[O-])c1. The van der Waals surface area contributed by atoms with Crippen LogP contribution in [0.25, 0.3) is 0 Å². The first-order chi connectivity index (χ1) is 14.9. The quantitative estimate of drug-likeness (QED) is 0.456. The Morgan fingerprint density at radius 3 is 2.45 bits per heavy atom. The van der Waals surface area contributed by atoms with Crippen molar-refractivity contribution in [2.45, 2.75) is 18.5 Å². The van der Waals surface area contributed by atoms with Crippen LogP contribution in [0.1, 0.15) is 39.0 Å². The molecule has 0 saturated carbocycles. The van der Waals surface area contributed by atoms with Crippen LogP contribution < -0.4 is 0 Å². The summed E-state index contributed by atoms with van der Waals surface area (Å²) in [5.41, 5.74) is 1.68. The zero-order chi connectivity index (χ0) is 22.1. The molecule has 0 radical (unpaired) electrons. The molecule has 0 bridgehead atoms. The molecular formula is C23H17ClN2O5. The number of aliphatic carboxylic acids is 1. The van der Waals surface area contributed by atoms with Crippen LogP contribution in [0.2, 0.25) is 5.02 Å². The van der Waals surface area contributed by atoms with Crippen LogP contribution in [0.4, 0.5) is 5.69 Å².